The molecule has 2 nitrogen and oxygen atoms in total. The molecule has 0 amide bonds. The second kappa shape index (κ2) is 15.2. The molecule has 0 aliphatic heterocycles. The first kappa shape index (κ1) is 36.8. The van der Waals surface area contributed by atoms with Crippen molar-refractivity contribution in [1.29, 1.82) is 0 Å². The molecule has 0 unspecified atom stereocenters. The van der Waals surface area contributed by atoms with Crippen LogP contribution in [0, 0.1) is 0 Å². The van der Waals surface area contributed by atoms with Gasteiger partial charge < -0.3 is 9.13 Å². The summed E-state index contributed by atoms with van der Waals surface area (Å²) in [6, 6.07) is 94.2. The summed E-state index contributed by atoms with van der Waals surface area (Å²) in [5, 5.41) is 10.4. The van der Waals surface area contributed by atoms with E-state index in [0.717, 1.165) is 11.4 Å². The van der Waals surface area contributed by atoms with Gasteiger partial charge in [-0.15, -0.1) is 0 Å². The van der Waals surface area contributed by atoms with Crippen LogP contribution in [0.3, 0.4) is 0 Å². The quantitative estimate of drug-likeness (QED) is 0.107. The molecule has 12 rings (SSSR count). The predicted molar refractivity (Wildman–Crippen MR) is 270 cm³/mol. The van der Waals surface area contributed by atoms with E-state index in [1.165, 1.54) is 86.6 Å². The molecule has 3 heteroatoms. The van der Waals surface area contributed by atoms with E-state index in [1.54, 1.807) is 0 Å². The normalized spacial score (nSPS) is 11.8. The highest BCUT2D eigenvalue weighted by Gasteiger charge is 2.41. The molecule has 0 aliphatic carbocycles. The lowest BCUT2D eigenvalue weighted by Crippen LogP contribution is -2.74. The fraction of sp³-hybridized carbons (Fsp3) is 0. The van der Waals surface area contributed by atoms with Crippen LogP contribution in [0.15, 0.2) is 255 Å². The third kappa shape index (κ3) is 5.93. The second-order valence-electron chi connectivity index (χ2n) is 16.5. The Hall–Kier alpha value is -7.98. The Bertz CT molecular complexity index is 3490. The zero-order valence-corrected chi connectivity index (χ0v) is 35.6. The topological polar surface area (TPSA) is 9.86 Å². The molecule has 0 fully saturated rings. The van der Waals surface area contributed by atoms with Crippen molar-refractivity contribution < 1.29 is 0 Å². The van der Waals surface area contributed by atoms with Crippen LogP contribution in [0.2, 0.25) is 0 Å². The first-order valence-electron chi connectivity index (χ1n) is 21.8. The molecule has 12 aromatic rings. The maximum atomic E-state index is 2.48. The smallest absolute Gasteiger partial charge is 0.179 e. The number of hydrogen-bond acceptors (Lipinski definition) is 0. The van der Waals surface area contributed by atoms with E-state index in [9.17, 15) is 0 Å². The van der Waals surface area contributed by atoms with Crippen molar-refractivity contribution >= 4 is 72.4 Å². The minimum atomic E-state index is -2.74. The Kier molecular flexibility index (Phi) is 8.87. The summed E-state index contributed by atoms with van der Waals surface area (Å²) < 4.78 is 4.93. The molecule has 0 radical (unpaired) electrons. The van der Waals surface area contributed by atoms with Gasteiger partial charge >= 0.3 is 0 Å². The van der Waals surface area contributed by atoms with Gasteiger partial charge in [0.05, 0.1) is 22.1 Å². The third-order valence-electron chi connectivity index (χ3n) is 13.1. The maximum absolute atomic E-state index is 2.74. The van der Waals surface area contributed by atoms with Crippen molar-refractivity contribution in [1.82, 2.24) is 9.13 Å². The van der Waals surface area contributed by atoms with Crippen molar-refractivity contribution in [3.8, 4) is 33.6 Å². The highest BCUT2D eigenvalue weighted by Crippen LogP contribution is 2.41. The van der Waals surface area contributed by atoms with Crippen LogP contribution in [-0.2, 0) is 0 Å². The van der Waals surface area contributed by atoms with Crippen LogP contribution in [0.25, 0.3) is 77.2 Å². The fourth-order valence-electron chi connectivity index (χ4n) is 10.3. The maximum Gasteiger partial charge on any atom is 0.179 e. The Morgan fingerprint density at radius 1 is 0.254 bits per heavy atom. The zero-order valence-electron chi connectivity index (χ0n) is 34.6. The largest absolute Gasteiger partial charge is 0.309 e. The molecule has 0 saturated carbocycles. The summed E-state index contributed by atoms with van der Waals surface area (Å²) in [6.45, 7) is 0. The first-order chi connectivity index (χ1) is 31.3. The summed E-state index contributed by atoms with van der Waals surface area (Å²) in [7, 11) is -2.74. The molecule has 10 aromatic carbocycles. The van der Waals surface area contributed by atoms with Crippen LogP contribution >= 0.6 is 0 Å². The lowest BCUT2D eigenvalue weighted by molar-refractivity contribution is 1.18. The van der Waals surface area contributed by atoms with Crippen LogP contribution in [0.5, 0.6) is 0 Å². The highest BCUT2D eigenvalue weighted by atomic mass is 28.3. The Labute approximate surface area is 368 Å². The summed E-state index contributed by atoms with van der Waals surface area (Å²) in [6.07, 6.45) is 0. The van der Waals surface area contributed by atoms with E-state index >= 15 is 0 Å². The van der Waals surface area contributed by atoms with E-state index in [0.29, 0.717) is 0 Å². The summed E-state index contributed by atoms with van der Waals surface area (Å²) in [4.78, 5) is 0. The summed E-state index contributed by atoms with van der Waals surface area (Å²) >= 11 is 0. The monoisotopic (exact) mass is 818 g/mol. The van der Waals surface area contributed by atoms with Crippen LogP contribution in [0.1, 0.15) is 0 Å². The number of para-hydroxylation sites is 3. The number of nitrogens with zero attached hydrogens (tertiary/aromatic N) is 2. The van der Waals surface area contributed by atoms with Gasteiger partial charge in [0.2, 0.25) is 0 Å². The lowest BCUT2D eigenvalue weighted by Gasteiger charge is -2.34. The molecular weight excluding hydrogens is 777 g/mol. The number of aromatic nitrogens is 2. The molecule has 0 bridgehead atoms. The molecule has 0 atom stereocenters. The molecule has 2 aromatic heterocycles. The predicted octanol–water partition coefficient (Wildman–Crippen LogP) is 12.6. The van der Waals surface area contributed by atoms with Crippen molar-refractivity contribution in [3.63, 3.8) is 0 Å². The fourth-order valence-corrected chi connectivity index (χ4v) is 15.1. The van der Waals surface area contributed by atoms with Gasteiger partial charge in [0, 0.05) is 38.5 Å². The standard InChI is InChI=1S/C60H42N2Si/c1-5-19-43(20-6-1)44-35-38-46(39-36-44)62-58-34-16-13-29-53(58)55-32-18-31-52(60(55)62)45-37-40-59-56(41-45)54-30-14-15-33-57(54)61(59)47-21-17-28-51(42-47)63(48-22-7-2-8-23-48,49-24-9-3-10-25-49)50-26-11-4-12-27-50/h1-42H. The number of benzene rings is 10. The van der Waals surface area contributed by atoms with E-state index < -0.39 is 8.07 Å². The van der Waals surface area contributed by atoms with Crippen molar-refractivity contribution in [2.24, 2.45) is 0 Å². The van der Waals surface area contributed by atoms with Gasteiger partial charge in [-0.2, -0.15) is 0 Å². The average molecular weight is 819 g/mol. The lowest BCUT2D eigenvalue weighted by atomic mass is 9.99. The molecule has 0 saturated heterocycles. The molecular formula is C60H42N2Si. The molecule has 0 aliphatic rings. The summed E-state index contributed by atoms with van der Waals surface area (Å²) in [5.74, 6) is 0. The van der Waals surface area contributed by atoms with Crippen LogP contribution in [-0.4, -0.2) is 17.2 Å². The van der Waals surface area contributed by atoms with E-state index in [2.05, 4.69) is 264 Å². The first-order valence-corrected chi connectivity index (χ1v) is 23.8. The minimum Gasteiger partial charge on any atom is -0.309 e. The van der Waals surface area contributed by atoms with Crippen molar-refractivity contribution in [2.75, 3.05) is 0 Å². The number of hydrogen-bond donors (Lipinski definition) is 0. The van der Waals surface area contributed by atoms with E-state index in [1.807, 2.05) is 0 Å². The molecule has 296 valence electrons. The Balaban J connectivity index is 1.06. The van der Waals surface area contributed by atoms with Gasteiger partial charge in [0.15, 0.2) is 8.07 Å². The molecule has 0 spiro atoms. The SMILES string of the molecule is c1ccc(-c2ccc(-n3c4ccccc4c4cccc(-c5ccc6c(c5)c5ccccc5n6-c5cccc([Si](c6ccccc6)(c6ccccc6)c6ccccc6)c5)c43)cc2)cc1. The second-order valence-corrected chi connectivity index (χ2v) is 20.3. The van der Waals surface area contributed by atoms with Gasteiger partial charge in [-0.25, -0.2) is 0 Å². The van der Waals surface area contributed by atoms with Gasteiger partial charge in [0.1, 0.15) is 0 Å². The van der Waals surface area contributed by atoms with Crippen molar-refractivity contribution in [3.05, 3.63) is 255 Å². The van der Waals surface area contributed by atoms with Gasteiger partial charge in [-0.1, -0.05) is 206 Å². The van der Waals surface area contributed by atoms with Gasteiger partial charge in [0.25, 0.3) is 0 Å². The zero-order chi connectivity index (χ0) is 41.7. The Morgan fingerprint density at radius 3 is 1.35 bits per heavy atom. The van der Waals surface area contributed by atoms with E-state index in [4.69, 9.17) is 0 Å². The van der Waals surface area contributed by atoms with E-state index in [-0.39, 0.29) is 0 Å². The molecule has 63 heavy (non-hydrogen) atoms. The molecule has 2 heterocycles. The number of fused-ring (bicyclic) bond motifs is 6. The van der Waals surface area contributed by atoms with Gasteiger partial charge in [-0.3, -0.25) is 0 Å². The minimum absolute atomic E-state index is 1.15. The van der Waals surface area contributed by atoms with Crippen LogP contribution in [0.4, 0.5) is 0 Å². The number of rotatable bonds is 8. The highest BCUT2D eigenvalue weighted by molar-refractivity contribution is 7.19. The third-order valence-corrected chi connectivity index (χ3v) is 17.8. The summed E-state index contributed by atoms with van der Waals surface area (Å²) in [5.41, 5.74) is 11.9. The Morgan fingerprint density at radius 2 is 0.714 bits per heavy atom. The van der Waals surface area contributed by atoms with Crippen LogP contribution < -0.4 is 20.7 Å². The average Bonchev–Trinajstić information content (AvgIpc) is 3.89. The van der Waals surface area contributed by atoms with Crippen molar-refractivity contribution in [2.45, 2.75) is 0 Å². The molecule has 0 N–H and O–H groups in total. The van der Waals surface area contributed by atoms with Gasteiger partial charge in [-0.05, 0) is 86.0 Å².